The van der Waals surface area contributed by atoms with Gasteiger partial charge in [0.15, 0.2) is 0 Å². The molecule has 16 heavy (non-hydrogen) atoms. The van der Waals surface area contributed by atoms with Crippen LogP contribution in [-0.2, 0) is 0 Å². The molecular weight excluding hydrogens is 202 g/mol. The predicted octanol–water partition coefficient (Wildman–Crippen LogP) is 1.11. The molecule has 1 unspecified atom stereocenters. The predicted molar refractivity (Wildman–Crippen MR) is 64.8 cm³/mol. The number of hydrogen-bond acceptors (Lipinski definition) is 2. The van der Waals surface area contributed by atoms with Crippen molar-refractivity contribution in [3.05, 3.63) is 29.8 Å². The Morgan fingerprint density at radius 1 is 1.44 bits per heavy atom. The Morgan fingerprint density at radius 3 is 2.75 bits per heavy atom. The van der Waals surface area contributed by atoms with E-state index in [0.717, 1.165) is 18.8 Å². The molecule has 86 valence electrons. The van der Waals surface area contributed by atoms with Crippen molar-refractivity contribution in [2.75, 3.05) is 25.0 Å². The Hall–Kier alpha value is -1.55. The van der Waals surface area contributed by atoms with E-state index in [1.807, 2.05) is 38.2 Å². The topological polar surface area (TPSA) is 44.4 Å². The lowest BCUT2D eigenvalue weighted by Crippen LogP contribution is -2.35. The van der Waals surface area contributed by atoms with Gasteiger partial charge in [0.05, 0.1) is 6.04 Å². The average Bonchev–Trinajstić information content (AvgIpc) is 2.61. The molecule has 2 amide bonds. The first-order valence-electron chi connectivity index (χ1n) is 5.50. The Labute approximate surface area is 95.6 Å². The number of hydrogen-bond donors (Lipinski definition) is 2. The van der Waals surface area contributed by atoms with Crippen molar-refractivity contribution in [3.63, 3.8) is 0 Å². The number of carbonyl (C=O) groups excluding carboxylic acids is 1. The molecule has 1 aliphatic rings. The van der Waals surface area contributed by atoms with Gasteiger partial charge in [-0.05, 0) is 26.1 Å². The molecule has 0 aliphatic carbocycles. The van der Waals surface area contributed by atoms with Gasteiger partial charge in [0.25, 0.3) is 0 Å². The van der Waals surface area contributed by atoms with Crippen LogP contribution in [0.15, 0.2) is 24.3 Å². The monoisotopic (exact) mass is 219 g/mol. The van der Waals surface area contributed by atoms with Gasteiger partial charge >= 0.3 is 6.03 Å². The van der Waals surface area contributed by atoms with E-state index in [9.17, 15) is 4.79 Å². The quantitative estimate of drug-likeness (QED) is 0.800. The van der Waals surface area contributed by atoms with Gasteiger partial charge in [-0.25, -0.2) is 4.79 Å². The van der Waals surface area contributed by atoms with Gasteiger partial charge in [-0.2, -0.15) is 0 Å². The molecule has 0 saturated carbocycles. The lowest BCUT2D eigenvalue weighted by molar-refractivity contribution is 0.251. The fourth-order valence-corrected chi connectivity index (χ4v) is 1.91. The highest BCUT2D eigenvalue weighted by Gasteiger charge is 2.28. The van der Waals surface area contributed by atoms with Crippen molar-refractivity contribution in [3.8, 4) is 0 Å². The maximum atomic E-state index is 11.7. The summed E-state index contributed by atoms with van der Waals surface area (Å²) in [7, 11) is 1.89. The maximum Gasteiger partial charge on any atom is 0.322 e. The summed E-state index contributed by atoms with van der Waals surface area (Å²) in [5.74, 6) is 0. The van der Waals surface area contributed by atoms with Gasteiger partial charge in [-0.1, -0.05) is 17.7 Å². The molecule has 4 heteroatoms. The van der Waals surface area contributed by atoms with E-state index in [2.05, 4.69) is 10.6 Å². The largest absolute Gasteiger partial charge is 0.332 e. The number of anilines is 1. The minimum absolute atomic E-state index is 0.0101. The number of aryl methyl sites for hydroxylation is 1. The minimum atomic E-state index is -0.0101. The van der Waals surface area contributed by atoms with Crippen molar-refractivity contribution >= 4 is 11.7 Å². The standard InChI is InChI=1S/C12H17N3O/c1-9-3-5-11(6-4-9)15-8-10(7-13-2)14-12(15)16/h3-6,10,13H,7-8H2,1-2H3,(H,14,16). The first-order valence-corrected chi connectivity index (χ1v) is 5.50. The highest BCUT2D eigenvalue weighted by molar-refractivity contribution is 5.94. The Morgan fingerprint density at radius 2 is 2.12 bits per heavy atom. The van der Waals surface area contributed by atoms with E-state index >= 15 is 0 Å². The molecular formula is C12H17N3O. The molecule has 0 aromatic heterocycles. The van der Waals surface area contributed by atoms with Crippen molar-refractivity contribution in [2.45, 2.75) is 13.0 Å². The van der Waals surface area contributed by atoms with Crippen LogP contribution in [-0.4, -0.2) is 32.2 Å². The smallest absolute Gasteiger partial charge is 0.322 e. The minimum Gasteiger partial charge on any atom is -0.332 e. The number of likely N-dealkylation sites (N-methyl/N-ethyl adjacent to an activating group) is 1. The fourth-order valence-electron chi connectivity index (χ4n) is 1.91. The number of carbonyl (C=O) groups is 1. The maximum absolute atomic E-state index is 11.7. The first kappa shape index (κ1) is 11.0. The van der Waals surface area contributed by atoms with Crippen molar-refractivity contribution in [1.82, 2.24) is 10.6 Å². The molecule has 2 rings (SSSR count). The third kappa shape index (κ3) is 2.17. The summed E-state index contributed by atoms with van der Waals surface area (Å²) in [5, 5.41) is 6.01. The molecule has 1 saturated heterocycles. The summed E-state index contributed by atoms with van der Waals surface area (Å²) < 4.78 is 0. The molecule has 1 aliphatic heterocycles. The average molecular weight is 219 g/mol. The summed E-state index contributed by atoms with van der Waals surface area (Å²) in [6.07, 6.45) is 0. The van der Waals surface area contributed by atoms with Gasteiger partial charge in [0, 0.05) is 18.8 Å². The van der Waals surface area contributed by atoms with Gasteiger partial charge < -0.3 is 10.6 Å². The number of benzene rings is 1. The van der Waals surface area contributed by atoms with Crippen LogP contribution in [0.4, 0.5) is 10.5 Å². The van der Waals surface area contributed by atoms with Crippen LogP contribution < -0.4 is 15.5 Å². The fraction of sp³-hybridized carbons (Fsp3) is 0.417. The summed E-state index contributed by atoms with van der Waals surface area (Å²) in [6.45, 7) is 3.56. The van der Waals surface area contributed by atoms with Crippen molar-refractivity contribution < 1.29 is 4.79 Å². The number of amides is 2. The molecule has 1 aromatic rings. The summed E-state index contributed by atoms with van der Waals surface area (Å²) >= 11 is 0. The molecule has 2 N–H and O–H groups in total. The third-order valence-corrected chi connectivity index (χ3v) is 2.77. The molecule has 1 aromatic carbocycles. The van der Waals surface area contributed by atoms with Crippen LogP contribution in [0.2, 0.25) is 0 Å². The normalized spacial score (nSPS) is 20.0. The first-order chi connectivity index (χ1) is 7.70. The van der Waals surface area contributed by atoms with Crippen LogP contribution in [0.5, 0.6) is 0 Å². The van der Waals surface area contributed by atoms with Crippen LogP contribution in [0.25, 0.3) is 0 Å². The van der Waals surface area contributed by atoms with Crippen LogP contribution in [0.3, 0.4) is 0 Å². The summed E-state index contributed by atoms with van der Waals surface area (Å²) in [5.41, 5.74) is 2.16. The lowest BCUT2D eigenvalue weighted by Gasteiger charge is -2.14. The highest BCUT2D eigenvalue weighted by atomic mass is 16.2. The Kier molecular flexibility index (Phi) is 3.10. The van der Waals surface area contributed by atoms with Crippen LogP contribution in [0.1, 0.15) is 5.56 Å². The second-order valence-corrected chi connectivity index (χ2v) is 4.15. The van der Waals surface area contributed by atoms with Crippen molar-refractivity contribution in [1.29, 1.82) is 0 Å². The van der Waals surface area contributed by atoms with Gasteiger partial charge in [0.1, 0.15) is 0 Å². The van der Waals surface area contributed by atoms with E-state index < -0.39 is 0 Å². The van der Waals surface area contributed by atoms with Crippen molar-refractivity contribution in [2.24, 2.45) is 0 Å². The van der Waals surface area contributed by atoms with Crippen LogP contribution >= 0.6 is 0 Å². The molecule has 4 nitrogen and oxygen atoms in total. The molecule has 1 heterocycles. The second kappa shape index (κ2) is 4.53. The zero-order valence-corrected chi connectivity index (χ0v) is 9.66. The third-order valence-electron chi connectivity index (χ3n) is 2.77. The van der Waals surface area contributed by atoms with Gasteiger partial charge in [-0.15, -0.1) is 0 Å². The summed E-state index contributed by atoms with van der Waals surface area (Å²) in [6, 6.07) is 8.19. The van der Waals surface area contributed by atoms with E-state index in [1.54, 1.807) is 4.90 Å². The molecule has 0 bridgehead atoms. The lowest BCUT2D eigenvalue weighted by atomic mass is 10.2. The number of rotatable bonds is 3. The van der Waals surface area contributed by atoms with Crippen LogP contribution in [0, 0.1) is 6.92 Å². The Balaban J connectivity index is 2.10. The molecule has 0 radical (unpaired) electrons. The number of nitrogens with one attached hydrogen (secondary N) is 2. The summed E-state index contributed by atoms with van der Waals surface area (Å²) in [4.78, 5) is 13.5. The van der Waals surface area contributed by atoms with Gasteiger partial charge in [-0.3, -0.25) is 4.90 Å². The Bertz CT molecular complexity index is 374. The molecule has 1 fully saturated rings. The van der Waals surface area contributed by atoms with E-state index in [1.165, 1.54) is 5.56 Å². The zero-order chi connectivity index (χ0) is 11.5. The number of urea groups is 1. The molecule has 1 atom stereocenters. The SMILES string of the molecule is CNCC1CN(c2ccc(C)cc2)C(=O)N1. The molecule has 0 spiro atoms. The van der Waals surface area contributed by atoms with E-state index in [4.69, 9.17) is 0 Å². The number of nitrogens with zero attached hydrogens (tertiary/aromatic N) is 1. The second-order valence-electron chi connectivity index (χ2n) is 4.15. The van der Waals surface area contributed by atoms with E-state index in [-0.39, 0.29) is 12.1 Å². The zero-order valence-electron chi connectivity index (χ0n) is 9.66. The van der Waals surface area contributed by atoms with Gasteiger partial charge in [0.2, 0.25) is 0 Å². The van der Waals surface area contributed by atoms with E-state index in [0.29, 0.717) is 0 Å². The highest BCUT2D eigenvalue weighted by Crippen LogP contribution is 2.18.